The maximum absolute atomic E-state index is 14.6. The monoisotopic (exact) mass is 643 g/mol. The number of nitrogens with one attached hydrogen (secondary N) is 1. The molecule has 0 radical (unpaired) electrons. The highest BCUT2D eigenvalue weighted by Gasteiger charge is 2.35. The molecule has 242 valence electrons. The fourth-order valence-corrected chi connectivity index (χ4v) is 6.42. The van der Waals surface area contributed by atoms with Crippen molar-refractivity contribution in [2.45, 2.75) is 37.8 Å². The van der Waals surface area contributed by atoms with E-state index in [9.17, 15) is 18.0 Å². The first-order valence-electron chi connectivity index (χ1n) is 15.1. The van der Waals surface area contributed by atoms with Crippen LogP contribution in [-0.4, -0.2) is 58.5 Å². The standard InChI is InChI=1S/C36H41N3O6S/c1-27(2)24-37-36(41)33(22-28-14-8-5-9-15-28)38(25-29-16-10-6-11-17-29)35(40)26-39(46(42,43)31-18-12-7-13-19-31)32-23-30(44-3)20-21-34(32)45-4/h5-21,23,27,33H,22,24-26H2,1-4H3,(H,37,41). The predicted molar refractivity (Wildman–Crippen MR) is 179 cm³/mol. The molecule has 4 rings (SSSR count). The Kier molecular flexibility index (Phi) is 11.8. The minimum atomic E-state index is -4.29. The van der Waals surface area contributed by atoms with Crippen LogP contribution >= 0.6 is 0 Å². The minimum absolute atomic E-state index is 0.00204. The third-order valence-corrected chi connectivity index (χ3v) is 9.19. The van der Waals surface area contributed by atoms with Gasteiger partial charge in [0.25, 0.3) is 10.0 Å². The molecular formula is C36H41N3O6S. The number of hydrogen-bond acceptors (Lipinski definition) is 6. The Morgan fingerprint density at radius 3 is 1.93 bits per heavy atom. The summed E-state index contributed by atoms with van der Waals surface area (Å²) >= 11 is 0. The van der Waals surface area contributed by atoms with Gasteiger partial charge in [0.15, 0.2) is 0 Å². The number of rotatable bonds is 15. The summed E-state index contributed by atoms with van der Waals surface area (Å²) in [6, 6.07) is 30.5. The zero-order valence-corrected chi connectivity index (χ0v) is 27.4. The summed E-state index contributed by atoms with van der Waals surface area (Å²) in [5, 5.41) is 3.00. The van der Waals surface area contributed by atoms with Crippen LogP contribution in [0.4, 0.5) is 5.69 Å². The Morgan fingerprint density at radius 1 is 0.783 bits per heavy atom. The Balaban J connectivity index is 1.84. The molecule has 10 heteroatoms. The molecule has 0 fully saturated rings. The lowest BCUT2D eigenvalue weighted by Gasteiger charge is -2.34. The van der Waals surface area contributed by atoms with Crippen LogP contribution in [0.1, 0.15) is 25.0 Å². The summed E-state index contributed by atoms with van der Waals surface area (Å²) < 4.78 is 40.5. The highest BCUT2D eigenvalue weighted by atomic mass is 32.2. The van der Waals surface area contributed by atoms with E-state index in [1.165, 1.54) is 37.3 Å². The van der Waals surface area contributed by atoms with E-state index in [4.69, 9.17) is 9.47 Å². The van der Waals surface area contributed by atoms with Crippen LogP contribution in [-0.2, 0) is 32.6 Å². The van der Waals surface area contributed by atoms with Crippen molar-refractivity contribution in [3.05, 3.63) is 120 Å². The van der Waals surface area contributed by atoms with Crippen LogP contribution in [0.5, 0.6) is 11.5 Å². The molecule has 0 aliphatic rings. The lowest BCUT2D eigenvalue weighted by atomic mass is 10.0. The Hall–Kier alpha value is -4.83. The largest absolute Gasteiger partial charge is 0.497 e. The van der Waals surface area contributed by atoms with E-state index in [2.05, 4.69) is 5.32 Å². The van der Waals surface area contributed by atoms with E-state index < -0.39 is 28.5 Å². The van der Waals surface area contributed by atoms with Crippen molar-refractivity contribution in [2.24, 2.45) is 5.92 Å². The third-order valence-electron chi connectivity index (χ3n) is 7.42. The molecule has 0 spiro atoms. The number of anilines is 1. The normalized spacial score (nSPS) is 11.8. The fraction of sp³-hybridized carbons (Fsp3) is 0.278. The van der Waals surface area contributed by atoms with Crippen LogP contribution in [0.15, 0.2) is 114 Å². The molecule has 0 saturated carbocycles. The van der Waals surface area contributed by atoms with Gasteiger partial charge in [-0.3, -0.25) is 13.9 Å². The molecule has 0 bridgehead atoms. The summed E-state index contributed by atoms with van der Waals surface area (Å²) in [5.74, 6) is -0.0790. The van der Waals surface area contributed by atoms with Gasteiger partial charge in [0, 0.05) is 25.6 Å². The molecule has 0 aromatic heterocycles. The number of nitrogens with zero attached hydrogens (tertiary/aromatic N) is 2. The molecule has 4 aromatic rings. The van der Waals surface area contributed by atoms with Crippen molar-refractivity contribution < 1.29 is 27.5 Å². The number of ether oxygens (including phenoxy) is 2. The zero-order chi connectivity index (χ0) is 33.1. The average molecular weight is 644 g/mol. The van der Waals surface area contributed by atoms with Gasteiger partial charge in [0.05, 0.1) is 24.8 Å². The van der Waals surface area contributed by atoms with Crippen LogP contribution in [0, 0.1) is 5.92 Å². The van der Waals surface area contributed by atoms with Crippen molar-refractivity contribution in [3.63, 3.8) is 0 Å². The highest BCUT2D eigenvalue weighted by molar-refractivity contribution is 7.92. The van der Waals surface area contributed by atoms with Crippen LogP contribution < -0.4 is 19.1 Å². The van der Waals surface area contributed by atoms with Gasteiger partial charge in [-0.25, -0.2) is 8.42 Å². The van der Waals surface area contributed by atoms with Crippen molar-refractivity contribution in [1.82, 2.24) is 10.2 Å². The van der Waals surface area contributed by atoms with E-state index in [0.717, 1.165) is 15.4 Å². The Morgan fingerprint density at radius 2 is 1.37 bits per heavy atom. The van der Waals surface area contributed by atoms with Crippen LogP contribution in [0.2, 0.25) is 0 Å². The lowest BCUT2D eigenvalue weighted by molar-refractivity contribution is -0.140. The summed E-state index contributed by atoms with van der Waals surface area (Å²) in [6.07, 6.45) is 0.233. The zero-order valence-electron chi connectivity index (χ0n) is 26.6. The molecule has 9 nitrogen and oxygen atoms in total. The summed E-state index contributed by atoms with van der Waals surface area (Å²) in [5.41, 5.74) is 1.78. The molecule has 0 saturated heterocycles. The quantitative estimate of drug-likeness (QED) is 0.188. The van der Waals surface area contributed by atoms with Gasteiger partial charge >= 0.3 is 0 Å². The smallest absolute Gasteiger partial charge is 0.264 e. The van der Waals surface area contributed by atoms with E-state index in [0.29, 0.717) is 12.3 Å². The summed E-state index contributed by atoms with van der Waals surface area (Å²) in [4.78, 5) is 29.9. The molecular weight excluding hydrogens is 602 g/mol. The number of amides is 2. The Bertz CT molecular complexity index is 1680. The fourth-order valence-electron chi connectivity index (χ4n) is 4.98. The van der Waals surface area contributed by atoms with Gasteiger partial charge in [0.1, 0.15) is 24.1 Å². The lowest BCUT2D eigenvalue weighted by Crippen LogP contribution is -2.53. The maximum atomic E-state index is 14.6. The average Bonchev–Trinajstić information content (AvgIpc) is 3.08. The molecule has 1 N–H and O–H groups in total. The topological polar surface area (TPSA) is 105 Å². The number of carbonyl (C=O) groups is 2. The summed E-state index contributed by atoms with van der Waals surface area (Å²) in [6.45, 7) is 3.89. The first kappa shape index (κ1) is 34.1. The number of methoxy groups -OCH3 is 2. The number of sulfonamides is 1. The van der Waals surface area contributed by atoms with Crippen molar-refractivity contribution in [3.8, 4) is 11.5 Å². The number of carbonyl (C=O) groups excluding carboxylic acids is 2. The first-order chi connectivity index (χ1) is 22.1. The van der Waals surface area contributed by atoms with Gasteiger partial charge in [0.2, 0.25) is 11.8 Å². The van der Waals surface area contributed by atoms with Gasteiger partial charge in [-0.2, -0.15) is 0 Å². The molecule has 4 aromatic carbocycles. The number of benzene rings is 4. The highest BCUT2D eigenvalue weighted by Crippen LogP contribution is 2.36. The number of hydrogen-bond donors (Lipinski definition) is 1. The van der Waals surface area contributed by atoms with E-state index in [1.54, 1.807) is 30.3 Å². The first-order valence-corrected chi connectivity index (χ1v) is 16.5. The van der Waals surface area contributed by atoms with E-state index in [-0.39, 0.29) is 41.1 Å². The molecule has 1 unspecified atom stereocenters. The van der Waals surface area contributed by atoms with Crippen LogP contribution in [0.25, 0.3) is 0 Å². The van der Waals surface area contributed by atoms with E-state index in [1.807, 2.05) is 74.5 Å². The second-order valence-electron chi connectivity index (χ2n) is 11.2. The Labute approximate surface area is 271 Å². The molecule has 1 atom stereocenters. The molecule has 0 heterocycles. The van der Waals surface area contributed by atoms with Crippen molar-refractivity contribution in [2.75, 3.05) is 31.6 Å². The predicted octanol–water partition coefficient (Wildman–Crippen LogP) is 5.31. The van der Waals surface area contributed by atoms with Gasteiger partial charge in [-0.1, -0.05) is 92.7 Å². The second kappa shape index (κ2) is 15.9. The third kappa shape index (κ3) is 8.66. The van der Waals surface area contributed by atoms with E-state index >= 15 is 0 Å². The maximum Gasteiger partial charge on any atom is 0.264 e. The minimum Gasteiger partial charge on any atom is -0.497 e. The van der Waals surface area contributed by atoms with Gasteiger partial charge in [-0.05, 0) is 41.3 Å². The van der Waals surface area contributed by atoms with Crippen LogP contribution in [0.3, 0.4) is 0 Å². The molecule has 46 heavy (non-hydrogen) atoms. The summed E-state index contributed by atoms with van der Waals surface area (Å²) in [7, 11) is -1.39. The van der Waals surface area contributed by atoms with Crippen molar-refractivity contribution in [1.29, 1.82) is 0 Å². The second-order valence-corrected chi connectivity index (χ2v) is 13.1. The molecule has 0 aliphatic carbocycles. The SMILES string of the molecule is COc1ccc(OC)c(N(CC(=O)N(Cc2ccccc2)C(Cc2ccccc2)C(=O)NCC(C)C)S(=O)(=O)c2ccccc2)c1. The van der Waals surface area contributed by atoms with Gasteiger partial charge in [-0.15, -0.1) is 0 Å². The molecule has 0 aliphatic heterocycles. The molecule has 2 amide bonds. The van der Waals surface area contributed by atoms with Gasteiger partial charge < -0.3 is 19.7 Å². The van der Waals surface area contributed by atoms with Crippen molar-refractivity contribution >= 4 is 27.5 Å².